The van der Waals surface area contributed by atoms with Gasteiger partial charge in [-0.15, -0.1) is 0 Å². The molecule has 0 fully saturated rings. The molecular weight excluding hydrogens is 388 g/mol. The van der Waals surface area contributed by atoms with Gasteiger partial charge in [-0.25, -0.2) is 4.79 Å². The van der Waals surface area contributed by atoms with Gasteiger partial charge in [-0.2, -0.15) is 0 Å². The van der Waals surface area contributed by atoms with E-state index in [4.69, 9.17) is 23.4 Å². The number of hydrogen-bond donors (Lipinski definition) is 0. The fourth-order valence-corrected chi connectivity index (χ4v) is 3.17. The molecule has 0 N–H and O–H groups in total. The topological polar surface area (TPSA) is 84.2 Å². The molecule has 0 saturated heterocycles. The number of ketones is 1. The van der Waals surface area contributed by atoms with E-state index >= 15 is 0 Å². The van der Waals surface area contributed by atoms with Gasteiger partial charge in [-0.05, 0) is 48.9 Å². The van der Waals surface area contributed by atoms with Crippen LogP contribution in [0.5, 0.6) is 23.0 Å². The number of benzene rings is 2. The van der Waals surface area contributed by atoms with Gasteiger partial charge in [0.05, 0.1) is 31.6 Å². The van der Waals surface area contributed by atoms with Crippen LogP contribution in [0.4, 0.5) is 0 Å². The van der Waals surface area contributed by atoms with Crippen LogP contribution in [0, 0.1) is 6.92 Å². The number of methoxy groups -OCH3 is 2. The molecule has 2 aromatic carbocycles. The maximum atomic E-state index is 12.7. The summed E-state index contributed by atoms with van der Waals surface area (Å²) in [7, 11) is 3.00. The lowest BCUT2D eigenvalue weighted by molar-refractivity contribution is 0.0734. The quantitative estimate of drug-likeness (QED) is 0.352. The van der Waals surface area contributed by atoms with Crippen LogP contribution in [0.15, 0.2) is 58.9 Å². The van der Waals surface area contributed by atoms with Crippen molar-refractivity contribution < 1.29 is 33.0 Å². The van der Waals surface area contributed by atoms with Crippen molar-refractivity contribution in [3.63, 3.8) is 0 Å². The number of fused-ring (bicyclic) bond motifs is 1. The third kappa shape index (κ3) is 3.53. The van der Waals surface area contributed by atoms with Gasteiger partial charge in [0.25, 0.3) is 0 Å². The highest BCUT2D eigenvalue weighted by molar-refractivity contribution is 6.15. The standard InChI is InChI=1S/C23H18O7/c1-13-9-16(29-23(25)14-6-7-17(26-2)18(10-14)27-3)12-19-21(13)22(24)20(30-19)11-15-5-4-8-28-15/h4-12H,1-3H3/b20-11-. The summed E-state index contributed by atoms with van der Waals surface area (Å²) in [6.07, 6.45) is 3.03. The van der Waals surface area contributed by atoms with Crippen LogP contribution in [0.1, 0.15) is 32.0 Å². The number of furan rings is 1. The number of esters is 1. The summed E-state index contributed by atoms with van der Waals surface area (Å²) < 4.78 is 26.8. The minimum Gasteiger partial charge on any atom is -0.493 e. The molecule has 0 saturated carbocycles. The third-order valence-corrected chi connectivity index (χ3v) is 4.59. The largest absolute Gasteiger partial charge is 0.493 e. The van der Waals surface area contributed by atoms with E-state index in [0.29, 0.717) is 39.7 Å². The highest BCUT2D eigenvalue weighted by Crippen LogP contribution is 2.38. The van der Waals surface area contributed by atoms with Crippen molar-refractivity contribution in [2.24, 2.45) is 0 Å². The van der Waals surface area contributed by atoms with Crippen LogP contribution in [0.2, 0.25) is 0 Å². The maximum Gasteiger partial charge on any atom is 0.343 e. The Morgan fingerprint density at radius 2 is 1.83 bits per heavy atom. The second-order valence-electron chi connectivity index (χ2n) is 6.53. The van der Waals surface area contributed by atoms with Crippen LogP contribution >= 0.6 is 0 Å². The first-order chi connectivity index (χ1) is 14.5. The van der Waals surface area contributed by atoms with Gasteiger partial charge in [0, 0.05) is 12.1 Å². The van der Waals surface area contributed by atoms with E-state index in [9.17, 15) is 9.59 Å². The fourth-order valence-electron chi connectivity index (χ4n) is 3.17. The second kappa shape index (κ2) is 7.79. The smallest absolute Gasteiger partial charge is 0.343 e. The molecule has 0 amide bonds. The van der Waals surface area contributed by atoms with E-state index in [1.54, 1.807) is 37.3 Å². The van der Waals surface area contributed by atoms with Crippen molar-refractivity contribution in [1.82, 2.24) is 0 Å². The van der Waals surface area contributed by atoms with Crippen LogP contribution in [0.25, 0.3) is 6.08 Å². The van der Waals surface area contributed by atoms with E-state index in [-0.39, 0.29) is 17.3 Å². The lowest BCUT2D eigenvalue weighted by Crippen LogP contribution is -2.09. The highest BCUT2D eigenvalue weighted by Gasteiger charge is 2.30. The number of carbonyl (C=O) groups is 2. The molecule has 7 heteroatoms. The summed E-state index contributed by atoms with van der Waals surface area (Å²) in [5.41, 5.74) is 1.36. The molecule has 7 nitrogen and oxygen atoms in total. The average Bonchev–Trinajstić information content (AvgIpc) is 3.35. The Kier molecular flexibility index (Phi) is 5.02. The first-order valence-corrected chi connectivity index (χ1v) is 9.06. The SMILES string of the molecule is COc1ccc(C(=O)Oc2cc(C)c3c(c2)O/C(=C\c2ccco2)C3=O)cc1OC. The van der Waals surface area contributed by atoms with E-state index in [2.05, 4.69) is 0 Å². The summed E-state index contributed by atoms with van der Waals surface area (Å²) >= 11 is 0. The predicted octanol–water partition coefficient (Wildman–Crippen LogP) is 4.44. The number of rotatable bonds is 5. The number of carbonyl (C=O) groups excluding carboxylic acids is 2. The van der Waals surface area contributed by atoms with E-state index in [1.807, 2.05) is 0 Å². The van der Waals surface area contributed by atoms with Crippen molar-refractivity contribution >= 4 is 17.8 Å². The molecule has 0 unspecified atom stereocenters. The first-order valence-electron chi connectivity index (χ1n) is 9.06. The van der Waals surface area contributed by atoms with Crippen LogP contribution in [-0.2, 0) is 0 Å². The molecule has 1 aliphatic heterocycles. The fraction of sp³-hybridized carbons (Fsp3) is 0.130. The normalized spacial score (nSPS) is 13.7. The van der Waals surface area contributed by atoms with Gasteiger partial charge in [0.15, 0.2) is 17.3 Å². The average molecular weight is 406 g/mol. The zero-order chi connectivity index (χ0) is 21.3. The summed E-state index contributed by atoms with van der Waals surface area (Å²) in [6.45, 7) is 1.75. The molecule has 3 aromatic rings. The molecule has 30 heavy (non-hydrogen) atoms. The number of ether oxygens (including phenoxy) is 4. The molecule has 0 radical (unpaired) electrons. The molecule has 2 heterocycles. The molecule has 1 aromatic heterocycles. The summed E-state index contributed by atoms with van der Waals surface area (Å²) in [5, 5.41) is 0. The Morgan fingerprint density at radius 3 is 2.53 bits per heavy atom. The number of aryl methyl sites for hydroxylation is 1. The molecule has 4 rings (SSSR count). The van der Waals surface area contributed by atoms with E-state index in [1.165, 1.54) is 38.7 Å². The van der Waals surface area contributed by atoms with Crippen molar-refractivity contribution in [1.29, 1.82) is 0 Å². The Bertz CT molecular complexity index is 1160. The summed E-state index contributed by atoms with van der Waals surface area (Å²) in [4.78, 5) is 25.2. The van der Waals surface area contributed by atoms with E-state index in [0.717, 1.165) is 0 Å². The molecule has 1 aliphatic rings. The lowest BCUT2D eigenvalue weighted by Gasteiger charge is -2.10. The zero-order valence-electron chi connectivity index (χ0n) is 16.6. The molecule has 0 aliphatic carbocycles. The minimum absolute atomic E-state index is 0.145. The maximum absolute atomic E-state index is 12.7. The first kappa shape index (κ1) is 19.3. The van der Waals surface area contributed by atoms with Crippen LogP contribution in [0.3, 0.4) is 0 Å². The van der Waals surface area contributed by atoms with Gasteiger partial charge in [0.1, 0.15) is 17.3 Å². The van der Waals surface area contributed by atoms with Crippen LogP contribution in [-0.4, -0.2) is 26.0 Å². The van der Waals surface area contributed by atoms with Crippen molar-refractivity contribution in [3.05, 3.63) is 76.9 Å². The van der Waals surface area contributed by atoms with Gasteiger partial charge in [-0.3, -0.25) is 4.79 Å². The van der Waals surface area contributed by atoms with Crippen molar-refractivity contribution in [3.8, 4) is 23.0 Å². The highest BCUT2D eigenvalue weighted by atomic mass is 16.5. The van der Waals surface area contributed by atoms with Crippen LogP contribution < -0.4 is 18.9 Å². The third-order valence-electron chi connectivity index (χ3n) is 4.59. The van der Waals surface area contributed by atoms with Crippen molar-refractivity contribution in [2.75, 3.05) is 14.2 Å². The Hall–Kier alpha value is -4.00. The molecular formula is C23H18O7. The van der Waals surface area contributed by atoms with Gasteiger partial charge < -0.3 is 23.4 Å². The van der Waals surface area contributed by atoms with E-state index < -0.39 is 5.97 Å². The number of hydrogen-bond acceptors (Lipinski definition) is 7. The Labute approximate surface area is 172 Å². The minimum atomic E-state index is -0.578. The number of allylic oxidation sites excluding steroid dienone is 1. The second-order valence-corrected chi connectivity index (χ2v) is 6.53. The van der Waals surface area contributed by atoms with Gasteiger partial charge >= 0.3 is 5.97 Å². The zero-order valence-corrected chi connectivity index (χ0v) is 16.6. The molecule has 0 spiro atoms. The van der Waals surface area contributed by atoms with Gasteiger partial charge in [0.2, 0.25) is 5.78 Å². The molecule has 0 atom stereocenters. The number of Topliss-reactive ketones (excluding diaryl/α,β-unsaturated/α-hetero) is 1. The molecule has 152 valence electrons. The lowest BCUT2D eigenvalue weighted by atomic mass is 10.0. The Morgan fingerprint density at radius 1 is 1.03 bits per heavy atom. The summed E-state index contributed by atoms with van der Waals surface area (Å²) in [5.74, 6) is 1.33. The predicted molar refractivity (Wildman–Crippen MR) is 107 cm³/mol. The summed E-state index contributed by atoms with van der Waals surface area (Å²) in [6, 6.07) is 11.3. The Balaban J connectivity index is 1.59. The monoisotopic (exact) mass is 406 g/mol. The van der Waals surface area contributed by atoms with Gasteiger partial charge in [-0.1, -0.05) is 0 Å². The molecule has 0 bridgehead atoms. The van der Waals surface area contributed by atoms with Crippen molar-refractivity contribution in [2.45, 2.75) is 6.92 Å².